The highest BCUT2D eigenvalue weighted by molar-refractivity contribution is 7.91. The van der Waals surface area contributed by atoms with Crippen molar-refractivity contribution in [2.24, 2.45) is 0 Å². The Kier molecular flexibility index (Phi) is 2.56. The van der Waals surface area contributed by atoms with Gasteiger partial charge in [0.15, 0.2) is 5.65 Å². The van der Waals surface area contributed by atoms with Gasteiger partial charge in [-0.2, -0.15) is 9.49 Å². The van der Waals surface area contributed by atoms with Gasteiger partial charge >= 0.3 is 0 Å². The lowest BCUT2D eigenvalue weighted by atomic mass is 10.4. The Balaban J connectivity index is 2.28. The summed E-state index contributed by atoms with van der Waals surface area (Å²) in [6, 6.07) is 9.15. The van der Waals surface area contributed by atoms with Crippen LogP contribution in [0.15, 0.2) is 58.7 Å². The van der Waals surface area contributed by atoms with Crippen LogP contribution in [0.4, 0.5) is 4.39 Å². The number of rotatable bonds is 2. The third-order valence-corrected chi connectivity index (χ3v) is 4.28. The minimum Gasteiger partial charge on any atom is -0.234 e. The van der Waals surface area contributed by atoms with Crippen LogP contribution in [0, 0.1) is 5.82 Å². The molecule has 0 bridgehead atoms. The van der Waals surface area contributed by atoms with Crippen LogP contribution in [-0.2, 0) is 9.84 Å². The minimum atomic E-state index is -3.98. The molecule has 0 aliphatic heterocycles. The Morgan fingerprint density at radius 2 is 1.84 bits per heavy atom. The van der Waals surface area contributed by atoms with Crippen molar-refractivity contribution < 1.29 is 12.8 Å². The smallest absolute Gasteiger partial charge is 0.228 e. The van der Waals surface area contributed by atoms with Gasteiger partial charge in [-0.15, -0.1) is 0 Å². The van der Waals surface area contributed by atoms with Crippen LogP contribution < -0.4 is 0 Å². The largest absolute Gasteiger partial charge is 0.234 e. The van der Waals surface area contributed by atoms with E-state index in [9.17, 15) is 12.8 Å². The average molecular weight is 277 g/mol. The first-order valence-corrected chi connectivity index (χ1v) is 6.88. The van der Waals surface area contributed by atoms with Crippen LogP contribution in [0.25, 0.3) is 5.65 Å². The fraction of sp³-hybridized carbons (Fsp3) is 0. The van der Waals surface area contributed by atoms with Crippen molar-refractivity contribution in [2.45, 2.75) is 9.92 Å². The summed E-state index contributed by atoms with van der Waals surface area (Å²) < 4.78 is 39.7. The Bertz CT molecular complexity index is 844. The quantitative estimate of drug-likeness (QED) is 0.715. The van der Waals surface area contributed by atoms with Crippen LogP contribution in [0.5, 0.6) is 0 Å². The summed E-state index contributed by atoms with van der Waals surface area (Å²) in [5.74, 6) is -0.940. The second kappa shape index (κ2) is 4.13. The first-order chi connectivity index (χ1) is 9.10. The summed E-state index contributed by atoms with van der Waals surface area (Å²) in [5.41, 5.74) is -0.114. The molecule has 0 spiro atoms. The molecule has 19 heavy (non-hydrogen) atoms. The third kappa shape index (κ3) is 1.78. The molecule has 5 nitrogen and oxygen atoms in total. The van der Waals surface area contributed by atoms with Crippen molar-refractivity contribution in [2.75, 3.05) is 0 Å². The second-order valence-electron chi connectivity index (χ2n) is 3.82. The zero-order valence-corrected chi connectivity index (χ0v) is 10.4. The lowest BCUT2D eigenvalue weighted by Gasteiger charge is -1.99. The molecule has 0 N–H and O–H groups in total. The fourth-order valence-electron chi connectivity index (χ4n) is 1.72. The maximum Gasteiger partial charge on any atom is 0.228 e. The number of hydrogen-bond donors (Lipinski definition) is 0. The van der Waals surface area contributed by atoms with Crippen molar-refractivity contribution in [3.8, 4) is 0 Å². The summed E-state index contributed by atoms with van der Waals surface area (Å²) in [5, 5.41) is 3.14. The molecule has 0 saturated carbocycles. The first-order valence-electron chi connectivity index (χ1n) is 5.40. The molecule has 2 aromatic heterocycles. The zero-order valence-electron chi connectivity index (χ0n) is 9.56. The van der Waals surface area contributed by atoms with Gasteiger partial charge < -0.3 is 0 Å². The average Bonchev–Trinajstić information content (AvgIpc) is 2.78. The van der Waals surface area contributed by atoms with E-state index in [1.165, 1.54) is 24.5 Å². The summed E-state index contributed by atoms with van der Waals surface area (Å²) >= 11 is 0. The SMILES string of the molecule is O=S(=O)(c1ccccc1)c1nn2cccnc2c1F. The number of halogens is 1. The van der Waals surface area contributed by atoms with E-state index < -0.39 is 20.7 Å². The van der Waals surface area contributed by atoms with Gasteiger partial charge in [-0.25, -0.2) is 17.9 Å². The molecular formula is C12H8FN3O2S. The lowest BCUT2D eigenvalue weighted by molar-refractivity contribution is 0.564. The summed E-state index contributed by atoms with van der Waals surface area (Å²) in [6.07, 6.45) is 2.81. The van der Waals surface area contributed by atoms with E-state index in [-0.39, 0.29) is 10.5 Å². The van der Waals surface area contributed by atoms with Gasteiger partial charge in [-0.1, -0.05) is 18.2 Å². The molecule has 7 heteroatoms. The van der Waals surface area contributed by atoms with Crippen molar-refractivity contribution >= 4 is 15.5 Å². The van der Waals surface area contributed by atoms with Crippen molar-refractivity contribution in [3.05, 3.63) is 54.6 Å². The number of sulfone groups is 1. The van der Waals surface area contributed by atoms with E-state index in [0.717, 1.165) is 4.52 Å². The minimum absolute atomic E-state index is 0.00249. The van der Waals surface area contributed by atoms with Crippen LogP contribution in [0.3, 0.4) is 0 Å². The van der Waals surface area contributed by atoms with E-state index in [2.05, 4.69) is 10.1 Å². The summed E-state index contributed by atoms with van der Waals surface area (Å²) in [7, 11) is -3.98. The summed E-state index contributed by atoms with van der Waals surface area (Å²) in [4.78, 5) is 3.77. The maximum absolute atomic E-state index is 14.1. The van der Waals surface area contributed by atoms with E-state index in [0.29, 0.717) is 0 Å². The molecule has 0 unspecified atom stereocenters. The number of fused-ring (bicyclic) bond motifs is 1. The van der Waals surface area contributed by atoms with Gasteiger partial charge in [0.25, 0.3) is 0 Å². The van der Waals surface area contributed by atoms with Gasteiger partial charge in [0.2, 0.25) is 20.7 Å². The normalized spacial score (nSPS) is 11.8. The van der Waals surface area contributed by atoms with E-state index in [4.69, 9.17) is 0 Å². The van der Waals surface area contributed by atoms with Gasteiger partial charge in [-0.05, 0) is 18.2 Å². The standard InChI is InChI=1S/C12H8FN3O2S/c13-10-11-14-7-4-8-16(11)15-12(10)19(17,18)9-5-2-1-3-6-9/h1-8H. The van der Waals surface area contributed by atoms with Gasteiger partial charge in [0.1, 0.15) is 0 Å². The lowest BCUT2D eigenvalue weighted by Crippen LogP contribution is -2.04. The van der Waals surface area contributed by atoms with E-state index in [1.807, 2.05) is 0 Å². The molecule has 3 rings (SSSR count). The highest BCUT2D eigenvalue weighted by Crippen LogP contribution is 2.23. The molecule has 1 aromatic carbocycles. The van der Waals surface area contributed by atoms with Crippen LogP contribution in [0.2, 0.25) is 0 Å². The molecule has 0 radical (unpaired) electrons. The van der Waals surface area contributed by atoms with Crippen molar-refractivity contribution in [3.63, 3.8) is 0 Å². The van der Waals surface area contributed by atoms with E-state index >= 15 is 0 Å². The molecule has 96 valence electrons. The number of aromatic nitrogens is 3. The Labute approximate surface area is 108 Å². The third-order valence-electron chi connectivity index (χ3n) is 2.62. The highest BCUT2D eigenvalue weighted by Gasteiger charge is 2.27. The molecule has 0 fully saturated rings. The molecule has 0 saturated heterocycles. The van der Waals surface area contributed by atoms with Crippen molar-refractivity contribution in [1.29, 1.82) is 0 Å². The Morgan fingerprint density at radius 3 is 2.53 bits per heavy atom. The Morgan fingerprint density at radius 1 is 1.11 bits per heavy atom. The van der Waals surface area contributed by atoms with Gasteiger partial charge in [0.05, 0.1) is 4.90 Å². The molecule has 0 aliphatic carbocycles. The maximum atomic E-state index is 14.1. The molecule has 0 aliphatic rings. The molecule has 0 atom stereocenters. The van der Waals surface area contributed by atoms with Crippen LogP contribution in [-0.4, -0.2) is 23.0 Å². The Hall–Kier alpha value is -2.28. The van der Waals surface area contributed by atoms with Gasteiger partial charge in [-0.3, -0.25) is 0 Å². The summed E-state index contributed by atoms with van der Waals surface area (Å²) in [6.45, 7) is 0. The first kappa shape index (κ1) is 11.8. The molecule has 2 heterocycles. The highest BCUT2D eigenvalue weighted by atomic mass is 32.2. The second-order valence-corrected chi connectivity index (χ2v) is 5.69. The number of hydrogen-bond acceptors (Lipinski definition) is 4. The van der Waals surface area contributed by atoms with Crippen molar-refractivity contribution in [1.82, 2.24) is 14.6 Å². The van der Waals surface area contributed by atoms with Gasteiger partial charge in [0, 0.05) is 12.4 Å². The van der Waals surface area contributed by atoms with E-state index in [1.54, 1.807) is 24.3 Å². The predicted molar refractivity (Wildman–Crippen MR) is 64.8 cm³/mol. The van der Waals surface area contributed by atoms with Crippen LogP contribution in [0.1, 0.15) is 0 Å². The molecule has 0 amide bonds. The van der Waals surface area contributed by atoms with Crippen LogP contribution >= 0.6 is 0 Å². The molecular weight excluding hydrogens is 269 g/mol. The zero-order chi connectivity index (χ0) is 13.5. The molecule has 3 aromatic rings. The predicted octanol–water partition coefficient (Wildman–Crippen LogP) is 1.70. The monoisotopic (exact) mass is 277 g/mol. The number of nitrogens with zero attached hydrogens (tertiary/aromatic N) is 3. The fourth-order valence-corrected chi connectivity index (χ4v) is 2.98. The topological polar surface area (TPSA) is 64.3 Å². The number of benzene rings is 1.